The van der Waals surface area contributed by atoms with Crippen molar-refractivity contribution in [2.24, 2.45) is 7.05 Å². The van der Waals surface area contributed by atoms with Crippen molar-refractivity contribution in [1.29, 1.82) is 0 Å². The average Bonchev–Trinajstić information content (AvgIpc) is 2.86. The molecule has 1 fully saturated rings. The number of amides is 1. The number of carbonyl (C=O) groups is 2. The summed E-state index contributed by atoms with van der Waals surface area (Å²) in [4.78, 5) is 22.4. The molecule has 1 aliphatic rings. The molecule has 0 saturated carbocycles. The maximum atomic E-state index is 11.7. The standard InChI is InChI=1S/C10H13N3O4/c1-13-5-6(4-11-13)12-9(14)7-2-3-8(17-7)10(15)16/h4-5,7-8H,2-3H2,1H3,(H,12,14)(H,15,16)/t7-,8+/m0/s1. The molecule has 92 valence electrons. The lowest BCUT2D eigenvalue weighted by atomic mass is 10.2. The molecule has 0 bridgehead atoms. The van der Waals surface area contributed by atoms with Crippen molar-refractivity contribution in [3.63, 3.8) is 0 Å². The lowest BCUT2D eigenvalue weighted by Crippen LogP contribution is -2.29. The summed E-state index contributed by atoms with van der Waals surface area (Å²) in [6, 6.07) is 0. The van der Waals surface area contributed by atoms with Crippen LogP contribution in [0.15, 0.2) is 12.4 Å². The molecule has 0 unspecified atom stereocenters. The third kappa shape index (κ3) is 2.62. The predicted molar refractivity (Wildman–Crippen MR) is 57.4 cm³/mol. The Morgan fingerprint density at radius 1 is 1.53 bits per heavy atom. The second-order valence-corrected chi connectivity index (χ2v) is 3.92. The average molecular weight is 239 g/mol. The Hall–Kier alpha value is -1.89. The lowest BCUT2D eigenvalue weighted by Gasteiger charge is -2.10. The maximum Gasteiger partial charge on any atom is 0.332 e. The van der Waals surface area contributed by atoms with Gasteiger partial charge in [-0.25, -0.2) is 4.79 Å². The Morgan fingerprint density at radius 3 is 2.76 bits per heavy atom. The summed E-state index contributed by atoms with van der Waals surface area (Å²) in [6.45, 7) is 0. The normalized spacial score (nSPS) is 23.6. The van der Waals surface area contributed by atoms with E-state index < -0.39 is 18.2 Å². The van der Waals surface area contributed by atoms with Gasteiger partial charge >= 0.3 is 5.97 Å². The monoisotopic (exact) mass is 239 g/mol. The topological polar surface area (TPSA) is 93.5 Å². The van der Waals surface area contributed by atoms with E-state index in [2.05, 4.69) is 10.4 Å². The van der Waals surface area contributed by atoms with E-state index >= 15 is 0 Å². The highest BCUT2D eigenvalue weighted by atomic mass is 16.5. The van der Waals surface area contributed by atoms with Crippen LogP contribution >= 0.6 is 0 Å². The molecule has 2 atom stereocenters. The molecule has 0 aromatic carbocycles. The highest BCUT2D eigenvalue weighted by Crippen LogP contribution is 2.21. The summed E-state index contributed by atoms with van der Waals surface area (Å²) in [6.07, 6.45) is 2.38. The van der Waals surface area contributed by atoms with E-state index in [1.54, 1.807) is 17.9 Å². The van der Waals surface area contributed by atoms with Gasteiger partial charge in [-0.15, -0.1) is 0 Å². The molecule has 1 aromatic rings. The number of carboxylic acid groups (broad SMARTS) is 1. The van der Waals surface area contributed by atoms with E-state index in [4.69, 9.17) is 9.84 Å². The summed E-state index contributed by atoms with van der Waals surface area (Å²) in [5.74, 6) is -1.36. The Bertz CT molecular complexity index is 443. The Balaban J connectivity index is 1.91. The summed E-state index contributed by atoms with van der Waals surface area (Å²) in [5, 5.41) is 15.3. The van der Waals surface area contributed by atoms with Gasteiger partial charge in [0.1, 0.15) is 6.10 Å². The van der Waals surface area contributed by atoms with Crippen LogP contribution in [0.2, 0.25) is 0 Å². The molecule has 17 heavy (non-hydrogen) atoms. The van der Waals surface area contributed by atoms with Crippen molar-refractivity contribution in [2.75, 3.05) is 5.32 Å². The number of anilines is 1. The molecule has 0 radical (unpaired) electrons. The van der Waals surface area contributed by atoms with Crippen molar-refractivity contribution in [3.05, 3.63) is 12.4 Å². The van der Waals surface area contributed by atoms with E-state index in [9.17, 15) is 9.59 Å². The second kappa shape index (κ2) is 4.54. The van der Waals surface area contributed by atoms with E-state index in [1.807, 2.05) is 0 Å². The van der Waals surface area contributed by atoms with Crippen LogP contribution < -0.4 is 5.32 Å². The van der Waals surface area contributed by atoms with Crippen molar-refractivity contribution >= 4 is 17.6 Å². The van der Waals surface area contributed by atoms with Crippen LogP contribution in [0.3, 0.4) is 0 Å². The number of aromatic nitrogens is 2. The van der Waals surface area contributed by atoms with Gasteiger partial charge < -0.3 is 15.2 Å². The van der Waals surface area contributed by atoms with Crippen molar-refractivity contribution in [3.8, 4) is 0 Å². The van der Waals surface area contributed by atoms with Gasteiger partial charge in [0.15, 0.2) is 6.10 Å². The van der Waals surface area contributed by atoms with E-state index in [0.29, 0.717) is 18.5 Å². The van der Waals surface area contributed by atoms with Crippen molar-refractivity contribution < 1.29 is 19.4 Å². The van der Waals surface area contributed by atoms with Crippen molar-refractivity contribution in [1.82, 2.24) is 9.78 Å². The van der Waals surface area contributed by atoms with Gasteiger partial charge in [-0.2, -0.15) is 5.10 Å². The Morgan fingerprint density at radius 2 is 2.24 bits per heavy atom. The third-order valence-electron chi connectivity index (χ3n) is 2.56. The minimum Gasteiger partial charge on any atom is -0.479 e. The Labute approximate surface area is 97.4 Å². The summed E-state index contributed by atoms with van der Waals surface area (Å²) in [5.41, 5.74) is 0.569. The number of carbonyl (C=O) groups excluding carboxylic acids is 1. The largest absolute Gasteiger partial charge is 0.479 e. The van der Waals surface area contributed by atoms with E-state index in [0.717, 1.165) is 0 Å². The number of hydrogen-bond acceptors (Lipinski definition) is 4. The lowest BCUT2D eigenvalue weighted by molar-refractivity contribution is -0.150. The molecule has 1 aromatic heterocycles. The molecule has 7 nitrogen and oxygen atoms in total. The zero-order valence-corrected chi connectivity index (χ0v) is 9.29. The fraction of sp³-hybridized carbons (Fsp3) is 0.500. The van der Waals surface area contributed by atoms with Gasteiger partial charge in [-0.05, 0) is 12.8 Å². The van der Waals surface area contributed by atoms with Crippen LogP contribution in [0.5, 0.6) is 0 Å². The van der Waals surface area contributed by atoms with Gasteiger partial charge in [-0.3, -0.25) is 9.48 Å². The molecule has 2 rings (SSSR count). The van der Waals surface area contributed by atoms with Crippen LogP contribution in [-0.2, 0) is 21.4 Å². The van der Waals surface area contributed by atoms with Gasteiger partial charge in [-0.1, -0.05) is 0 Å². The molecule has 1 aliphatic heterocycles. The predicted octanol–water partition coefficient (Wildman–Crippen LogP) is -0.00920. The number of ether oxygens (including phenoxy) is 1. The zero-order valence-electron chi connectivity index (χ0n) is 9.29. The van der Waals surface area contributed by atoms with Crippen molar-refractivity contribution in [2.45, 2.75) is 25.0 Å². The molecular weight excluding hydrogens is 226 g/mol. The summed E-state index contributed by atoms with van der Waals surface area (Å²) < 4.78 is 6.69. The Kier molecular flexibility index (Phi) is 3.10. The highest BCUT2D eigenvalue weighted by Gasteiger charge is 2.34. The number of aryl methyl sites for hydroxylation is 1. The first-order valence-corrected chi connectivity index (χ1v) is 5.24. The molecule has 2 N–H and O–H groups in total. The molecular formula is C10H13N3O4. The minimum atomic E-state index is -1.03. The quantitative estimate of drug-likeness (QED) is 0.773. The summed E-state index contributed by atoms with van der Waals surface area (Å²) >= 11 is 0. The second-order valence-electron chi connectivity index (χ2n) is 3.92. The zero-order chi connectivity index (χ0) is 12.4. The van der Waals surface area contributed by atoms with E-state index in [1.165, 1.54) is 6.20 Å². The van der Waals surface area contributed by atoms with Crippen LogP contribution in [-0.4, -0.2) is 39.0 Å². The number of carboxylic acids is 1. The van der Waals surface area contributed by atoms with Gasteiger partial charge in [0.2, 0.25) is 0 Å². The fourth-order valence-electron chi connectivity index (χ4n) is 1.72. The molecule has 0 spiro atoms. The van der Waals surface area contributed by atoms with Crippen LogP contribution in [0.25, 0.3) is 0 Å². The van der Waals surface area contributed by atoms with Crippen LogP contribution in [0.1, 0.15) is 12.8 Å². The molecule has 1 amide bonds. The number of nitrogens with zero attached hydrogens (tertiary/aromatic N) is 2. The third-order valence-corrected chi connectivity index (χ3v) is 2.56. The first-order chi connectivity index (χ1) is 8.06. The van der Waals surface area contributed by atoms with E-state index in [-0.39, 0.29) is 5.91 Å². The SMILES string of the molecule is Cn1cc(NC(=O)[C@@H]2CC[C@H](C(=O)O)O2)cn1. The van der Waals surface area contributed by atoms with Gasteiger partial charge in [0.05, 0.1) is 11.9 Å². The first kappa shape index (κ1) is 11.6. The minimum absolute atomic E-state index is 0.332. The molecule has 7 heteroatoms. The molecule has 2 heterocycles. The molecule has 0 aliphatic carbocycles. The fourth-order valence-corrected chi connectivity index (χ4v) is 1.72. The summed E-state index contributed by atoms with van der Waals surface area (Å²) in [7, 11) is 1.74. The smallest absolute Gasteiger partial charge is 0.332 e. The maximum absolute atomic E-state index is 11.7. The number of nitrogens with one attached hydrogen (secondary N) is 1. The first-order valence-electron chi connectivity index (χ1n) is 5.24. The number of aliphatic carboxylic acids is 1. The van der Waals surface area contributed by atoms with Crippen LogP contribution in [0.4, 0.5) is 5.69 Å². The van der Waals surface area contributed by atoms with Gasteiger partial charge in [0.25, 0.3) is 5.91 Å². The highest BCUT2D eigenvalue weighted by molar-refractivity contribution is 5.94. The number of rotatable bonds is 3. The van der Waals surface area contributed by atoms with Gasteiger partial charge in [0, 0.05) is 13.2 Å². The number of hydrogen-bond donors (Lipinski definition) is 2. The van der Waals surface area contributed by atoms with Crippen LogP contribution in [0, 0.1) is 0 Å². The molecule has 1 saturated heterocycles.